The molecule has 0 radical (unpaired) electrons. The van der Waals surface area contributed by atoms with Crippen LogP contribution in [0.5, 0.6) is 5.75 Å². The summed E-state index contributed by atoms with van der Waals surface area (Å²) in [4.78, 5) is 24.6. The number of hydrogen-bond donors (Lipinski definition) is 3. The van der Waals surface area contributed by atoms with Crippen LogP contribution in [-0.2, 0) is 0 Å². The molecule has 0 spiro atoms. The van der Waals surface area contributed by atoms with E-state index in [2.05, 4.69) is 0 Å². The summed E-state index contributed by atoms with van der Waals surface area (Å²) in [6, 6.07) is 7.33. The van der Waals surface area contributed by atoms with E-state index < -0.39 is 5.78 Å². The second-order valence-corrected chi connectivity index (χ2v) is 4.39. The minimum absolute atomic E-state index is 0.0396. The van der Waals surface area contributed by atoms with Gasteiger partial charge in [0.1, 0.15) is 5.75 Å². The van der Waals surface area contributed by atoms with Crippen LogP contribution in [0.1, 0.15) is 31.8 Å². The first-order valence-corrected chi connectivity index (χ1v) is 5.61. The third-order valence-corrected chi connectivity index (χ3v) is 3.21. The van der Waals surface area contributed by atoms with E-state index in [-0.39, 0.29) is 39.5 Å². The molecule has 0 fully saturated rings. The van der Waals surface area contributed by atoms with Gasteiger partial charge in [0.25, 0.3) is 0 Å². The highest BCUT2D eigenvalue weighted by atomic mass is 16.3. The molecule has 0 heterocycles. The maximum Gasteiger partial charge on any atom is 0.198 e. The van der Waals surface area contributed by atoms with E-state index in [4.69, 9.17) is 11.5 Å². The lowest BCUT2D eigenvalue weighted by atomic mass is 9.83. The molecule has 2 aromatic rings. The molecule has 1 aliphatic rings. The average molecular weight is 254 g/mol. The molecule has 5 nitrogen and oxygen atoms in total. The zero-order valence-corrected chi connectivity index (χ0v) is 9.81. The normalized spacial score (nSPS) is 13.1. The van der Waals surface area contributed by atoms with Crippen molar-refractivity contribution in [2.75, 3.05) is 11.5 Å². The molecule has 0 saturated carbocycles. The molecule has 0 aliphatic heterocycles. The van der Waals surface area contributed by atoms with Crippen LogP contribution >= 0.6 is 0 Å². The smallest absolute Gasteiger partial charge is 0.198 e. The van der Waals surface area contributed by atoms with Crippen molar-refractivity contribution in [1.29, 1.82) is 0 Å². The summed E-state index contributed by atoms with van der Waals surface area (Å²) in [7, 11) is 0. The molecule has 0 bridgehead atoms. The van der Waals surface area contributed by atoms with Gasteiger partial charge in [-0.3, -0.25) is 9.59 Å². The lowest BCUT2D eigenvalue weighted by molar-refractivity contribution is 0.0977. The molecular weight excluding hydrogens is 244 g/mol. The number of anilines is 2. The van der Waals surface area contributed by atoms with Crippen molar-refractivity contribution in [3.05, 3.63) is 52.6 Å². The standard InChI is InChI=1S/C14H10N2O3/c15-6-1-2-7-9(5-6)12(17)8-3-4-10(16)14(19)11(8)13(7)18/h1-5,19H,15-16H2. The van der Waals surface area contributed by atoms with E-state index in [9.17, 15) is 14.7 Å². The maximum atomic E-state index is 12.3. The summed E-state index contributed by atoms with van der Waals surface area (Å²) in [6.45, 7) is 0. The first kappa shape index (κ1) is 11.3. The SMILES string of the molecule is Nc1ccc2c(c1)C(=O)c1ccc(N)c(O)c1C2=O. The van der Waals surface area contributed by atoms with Gasteiger partial charge in [-0.1, -0.05) is 0 Å². The van der Waals surface area contributed by atoms with Crippen LogP contribution in [0.25, 0.3) is 0 Å². The van der Waals surface area contributed by atoms with Gasteiger partial charge in [-0.05, 0) is 30.3 Å². The summed E-state index contributed by atoms with van der Waals surface area (Å²) in [5, 5.41) is 9.89. The molecule has 3 rings (SSSR count). The van der Waals surface area contributed by atoms with Crippen molar-refractivity contribution in [3.8, 4) is 5.75 Å². The summed E-state index contributed by atoms with van der Waals surface area (Å²) >= 11 is 0. The first-order valence-electron chi connectivity index (χ1n) is 5.61. The van der Waals surface area contributed by atoms with Crippen molar-refractivity contribution in [2.45, 2.75) is 0 Å². The summed E-state index contributed by atoms with van der Waals surface area (Å²) in [5.74, 6) is -1.11. The minimum atomic E-state index is -0.422. The minimum Gasteiger partial charge on any atom is -0.505 e. The van der Waals surface area contributed by atoms with Crippen molar-refractivity contribution < 1.29 is 14.7 Å². The quantitative estimate of drug-likeness (QED) is 0.414. The van der Waals surface area contributed by atoms with Gasteiger partial charge in [0.05, 0.1) is 11.3 Å². The highest BCUT2D eigenvalue weighted by Gasteiger charge is 2.32. The number of carbonyl (C=O) groups excluding carboxylic acids is 2. The molecule has 19 heavy (non-hydrogen) atoms. The maximum absolute atomic E-state index is 12.3. The molecule has 2 aromatic carbocycles. The van der Waals surface area contributed by atoms with Gasteiger partial charge >= 0.3 is 0 Å². The van der Waals surface area contributed by atoms with E-state index in [1.165, 1.54) is 24.3 Å². The number of carbonyl (C=O) groups is 2. The molecular formula is C14H10N2O3. The van der Waals surface area contributed by atoms with Crippen LogP contribution in [0.2, 0.25) is 0 Å². The van der Waals surface area contributed by atoms with Crippen LogP contribution < -0.4 is 11.5 Å². The second-order valence-electron chi connectivity index (χ2n) is 4.39. The molecule has 0 atom stereocenters. The van der Waals surface area contributed by atoms with Crippen LogP contribution in [0.4, 0.5) is 11.4 Å². The van der Waals surface area contributed by atoms with Crippen molar-refractivity contribution in [2.24, 2.45) is 0 Å². The van der Waals surface area contributed by atoms with Crippen molar-refractivity contribution in [3.63, 3.8) is 0 Å². The van der Waals surface area contributed by atoms with Gasteiger partial charge in [-0.15, -0.1) is 0 Å². The van der Waals surface area contributed by atoms with Gasteiger partial charge in [-0.2, -0.15) is 0 Å². The highest BCUT2D eigenvalue weighted by Crippen LogP contribution is 2.36. The Kier molecular flexibility index (Phi) is 2.13. The summed E-state index contributed by atoms with van der Waals surface area (Å²) in [5.41, 5.74) is 12.3. The second kappa shape index (κ2) is 3.58. The third kappa shape index (κ3) is 1.41. The Morgan fingerprint density at radius 2 is 1.53 bits per heavy atom. The predicted molar refractivity (Wildman–Crippen MR) is 70.2 cm³/mol. The van der Waals surface area contributed by atoms with E-state index >= 15 is 0 Å². The molecule has 94 valence electrons. The highest BCUT2D eigenvalue weighted by molar-refractivity contribution is 6.29. The van der Waals surface area contributed by atoms with Gasteiger partial charge < -0.3 is 16.6 Å². The number of benzene rings is 2. The van der Waals surface area contributed by atoms with Gasteiger partial charge in [0.2, 0.25) is 0 Å². The monoisotopic (exact) mass is 254 g/mol. The average Bonchev–Trinajstić information content (AvgIpc) is 2.39. The van der Waals surface area contributed by atoms with E-state index in [1.54, 1.807) is 6.07 Å². The lowest BCUT2D eigenvalue weighted by Crippen LogP contribution is -2.21. The summed E-state index contributed by atoms with van der Waals surface area (Å²) in [6.07, 6.45) is 0. The van der Waals surface area contributed by atoms with Crippen LogP contribution in [0.15, 0.2) is 30.3 Å². The largest absolute Gasteiger partial charge is 0.505 e. The number of nitrogen functional groups attached to an aromatic ring is 2. The molecule has 1 aliphatic carbocycles. The molecule has 0 saturated heterocycles. The topological polar surface area (TPSA) is 106 Å². The number of ketones is 2. The van der Waals surface area contributed by atoms with Crippen LogP contribution in [0.3, 0.4) is 0 Å². The van der Waals surface area contributed by atoms with Crippen molar-refractivity contribution >= 4 is 22.9 Å². The fourth-order valence-electron chi connectivity index (χ4n) is 2.25. The number of fused-ring (bicyclic) bond motifs is 2. The predicted octanol–water partition coefficient (Wildman–Crippen LogP) is 1.33. The van der Waals surface area contributed by atoms with Gasteiger partial charge in [-0.25, -0.2) is 0 Å². The Morgan fingerprint density at radius 1 is 0.842 bits per heavy atom. The summed E-state index contributed by atoms with van der Waals surface area (Å²) < 4.78 is 0. The Labute approximate surface area is 108 Å². The Morgan fingerprint density at radius 3 is 2.26 bits per heavy atom. The lowest BCUT2D eigenvalue weighted by Gasteiger charge is -2.19. The Bertz CT molecular complexity index is 751. The zero-order valence-electron chi connectivity index (χ0n) is 9.81. The number of phenols is 1. The third-order valence-electron chi connectivity index (χ3n) is 3.21. The fourth-order valence-corrected chi connectivity index (χ4v) is 2.25. The van der Waals surface area contributed by atoms with Crippen LogP contribution in [0, 0.1) is 0 Å². The first-order chi connectivity index (χ1) is 9.00. The van der Waals surface area contributed by atoms with Gasteiger partial charge in [0.15, 0.2) is 11.6 Å². The van der Waals surface area contributed by atoms with E-state index in [0.29, 0.717) is 5.69 Å². The van der Waals surface area contributed by atoms with Crippen molar-refractivity contribution in [1.82, 2.24) is 0 Å². The van der Waals surface area contributed by atoms with Gasteiger partial charge in [0, 0.05) is 22.4 Å². The molecule has 5 N–H and O–H groups in total. The molecule has 0 amide bonds. The van der Waals surface area contributed by atoms with E-state index in [1.807, 2.05) is 0 Å². The fraction of sp³-hybridized carbons (Fsp3) is 0. The molecule has 0 unspecified atom stereocenters. The number of phenolic OH excluding ortho intramolecular Hbond substituents is 1. The molecule has 0 aromatic heterocycles. The number of rotatable bonds is 0. The number of aromatic hydroxyl groups is 1. The van der Waals surface area contributed by atoms with E-state index in [0.717, 1.165) is 0 Å². The Hall–Kier alpha value is -2.82. The van der Waals surface area contributed by atoms with Crippen LogP contribution in [-0.4, -0.2) is 16.7 Å². The Balaban J connectivity index is 2.36. The number of hydrogen-bond acceptors (Lipinski definition) is 5. The molecule has 5 heteroatoms. The number of nitrogens with two attached hydrogens (primary N) is 2. The zero-order chi connectivity index (χ0) is 13.7.